The maximum absolute atomic E-state index is 15.0. The molecule has 10 heteroatoms. The Balaban J connectivity index is 1.64. The second-order valence-corrected chi connectivity index (χ2v) is 11.9. The van der Waals surface area contributed by atoms with Gasteiger partial charge >= 0.3 is 12.4 Å². The fraction of sp³-hybridized carbons (Fsp3) is 0.0500. The van der Waals surface area contributed by atoms with Gasteiger partial charge in [-0.05, 0) is 66.2 Å². The number of hydrogen-bond donors (Lipinski definition) is 0. The summed E-state index contributed by atoms with van der Waals surface area (Å²) in [6.07, 6.45) is -9.62. The van der Waals surface area contributed by atoms with Gasteiger partial charge in [-0.3, -0.25) is 0 Å². The number of nitrogens with zero attached hydrogens (tertiary/aromatic N) is 4. The molecule has 0 atom stereocenters. The Morgan fingerprint density at radius 2 is 0.900 bits per heavy atom. The molecule has 242 valence electrons. The van der Waals surface area contributed by atoms with Crippen LogP contribution < -0.4 is 0 Å². The molecule has 8 aromatic rings. The first kappa shape index (κ1) is 30.8. The van der Waals surface area contributed by atoms with E-state index in [1.807, 2.05) is 0 Å². The molecule has 0 spiro atoms. The van der Waals surface area contributed by atoms with Gasteiger partial charge in [-0.25, -0.2) is 0 Å². The van der Waals surface area contributed by atoms with Gasteiger partial charge in [-0.2, -0.15) is 36.9 Å². The van der Waals surface area contributed by atoms with Crippen molar-refractivity contribution in [1.82, 2.24) is 9.13 Å². The molecule has 0 aliphatic heterocycles. The molecule has 6 aromatic carbocycles. The van der Waals surface area contributed by atoms with Gasteiger partial charge in [-0.15, -0.1) is 0 Å². The van der Waals surface area contributed by atoms with Crippen LogP contribution in [-0.4, -0.2) is 9.13 Å². The molecule has 0 bridgehead atoms. The highest BCUT2D eigenvalue weighted by Gasteiger charge is 2.35. The standard InChI is InChI=1S/C40H20F6N4/c41-39(42,43)26-7-5-6-25(18-26)38-36(49-32-10-3-1-8-28(32)30-14-12-23(21-47)16-34(30)49)19-27(40(44,45)46)20-37(38)50-33-11-4-2-9-29(33)31-15-13-24(22-48)17-35(31)50/h1-20H. The average Bonchev–Trinajstić information content (AvgIpc) is 3.62. The number of para-hydroxylation sites is 2. The van der Waals surface area contributed by atoms with E-state index >= 15 is 13.2 Å². The van der Waals surface area contributed by atoms with E-state index in [0.29, 0.717) is 43.6 Å². The predicted molar refractivity (Wildman–Crippen MR) is 180 cm³/mol. The Kier molecular flexibility index (Phi) is 6.78. The number of fused-ring (bicyclic) bond motifs is 6. The van der Waals surface area contributed by atoms with Crippen LogP contribution in [-0.2, 0) is 12.4 Å². The van der Waals surface area contributed by atoms with E-state index in [0.717, 1.165) is 24.3 Å². The lowest BCUT2D eigenvalue weighted by molar-refractivity contribution is -0.138. The Hall–Kier alpha value is -6.52. The lowest BCUT2D eigenvalue weighted by Crippen LogP contribution is -2.11. The number of alkyl halides is 6. The molecular formula is C40H20F6N4. The van der Waals surface area contributed by atoms with Gasteiger partial charge in [0.05, 0.1) is 67.8 Å². The minimum atomic E-state index is -4.87. The molecular weight excluding hydrogens is 650 g/mol. The van der Waals surface area contributed by atoms with Crippen molar-refractivity contribution in [3.63, 3.8) is 0 Å². The van der Waals surface area contributed by atoms with Crippen molar-refractivity contribution in [2.45, 2.75) is 12.4 Å². The van der Waals surface area contributed by atoms with Gasteiger partial charge in [-0.1, -0.05) is 60.7 Å². The van der Waals surface area contributed by atoms with Gasteiger partial charge in [0.1, 0.15) is 0 Å². The number of benzene rings is 6. The van der Waals surface area contributed by atoms with Crippen LogP contribution in [0.2, 0.25) is 0 Å². The zero-order valence-electron chi connectivity index (χ0n) is 25.6. The minimum absolute atomic E-state index is 0.0169. The zero-order valence-corrected chi connectivity index (χ0v) is 25.6. The average molecular weight is 671 g/mol. The summed E-state index contributed by atoms with van der Waals surface area (Å²) < 4.78 is 90.9. The van der Waals surface area contributed by atoms with Crippen LogP contribution in [0.3, 0.4) is 0 Å². The Labute approximate surface area is 279 Å². The van der Waals surface area contributed by atoms with Gasteiger partial charge < -0.3 is 9.13 Å². The number of aromatic nitrogens is 2. The molecule has 0 unspecified atom stereocenters. The van der Waals surface area contributed by atoms with Crippen molar-refractivity contribution in [2.75, 3.05) is 0 Å². The van der Waals surface area contributed by atoms with Crippen molar-refractivity contribution in [2.24, 2.45) is 0 Å². The topological polar surface area (TPSA) is 57.4 Å². The second-order valence-electron chi connectivity index (χ2n) is 11.9. The van der Waals surface area contributed by atoms with Crippen LogP contribution in [0.5, 0.6) is 0 Å². The van der Waals surface area contributed by atoms with E-state index in [1.165, 1.54) is 12.1 Å². The van der Waals surface area contributed by atoms with Crippen LogP contribution in [0.25, 0.3) is 66.1 Å². The SMILES string of the molecule is N#Cc1ccc2c3ccccc3n(-c3cc(C(F)(F)F)cc(-n4c5ccccc5c5ccc(C#N)cc54)c3-c3cccc(C(F)(F)F)c3)c2c1. The summed E-state index contributed by atoms with van der Waals surface area (Å²) in [6, 6.07) is 34.3. The van der Waals surface area contributed by atoms with Crippen LogP contribution >= 0.6 is 0 Å². The quantitative estimate of drug-likeness (QED) is 0.176. The Morgan fingerprint density at radius 3 is 1.36 bits per heavy atom. The number of halogens is 6. The van der Waals surface area contributed by atoms with E-state index in [1.54, 1.807) is 94.1 Å². The Morgan fingerprint density at radius 1 is 0.440 bits per heavy atom. The molecule has 2 heterocycles. The molecule has 0 amide bonds. The molecule has 0 fully saturated rings. The summed E-state index contributed by atoms with van der Waals surface area (Å²) in [5.41, 5.74) is 0.281. The predicted octanol–water partition coefficient (Wildman–Crippen LogP) is 11.3. The third kappa shape index (κ3) is 4.76. The molecule has 0 saturated carbocycles. The molecule has 0 aliphatic carbocycles. The van der Waals surface area contributed by atoms with Crippen molar-refractivity contribution in [1.29, 1.82) is 10.5 Å². The van der Waals surface area contributed by atoms with Gasteiger partial charge in [0, 0.05) is 27.1 Å². The van der Waals surface area contributed by atoms with Crippen LogP contribution in [0.15, 0.2) is 121 Å². The molecule has 0 aliphatic rings. The summed E-state index contributed by atoms with van der Waals surface area (Å²) in [5, 5.41) is 22.2. The molecule has 0 N–H and O–H groups in total. The first-order valence-corrected chi connectivity index (χ1v) is 15.3. The maximum atomic E-state index is 15.0. The van der Waals surface area contributed by atoms with Crippen LogP contribution in [0, 0.1) is 22.7 Å². The first-order chi connectivity index (χ1) is 24.0. The van der Waals surface area contributed by atoms with E-state index in [-0.39, 0.29) is 33.6 Å². The summed E-state index contributed by atoms with van der Waals surface area (Å²) in [4.78, 5) is 0. The highest BCUT2D eigenvalue weighted by Crippen LogP contribution is 2.46. The van der Waals surface area contributed by atoms with Crippen LogP contribution in [0.1, 0.15) is 22.3 Å². The third-order valence-electron chi connectivity index (χ3n) is 8.99. The summed E-state index contributed by atoms with van der Waals surface area (Å²) in [6.45, 7) is 0. The smallest absolute Gasteiger partial charge is 0.308 e. The highest BCUT2D eigenvalue weighted by molar-refractivity contribution is 6.12. The molecule has 4 nitrogen and oxygen atoms in total. The van der Waals surface area contributed by atoms with Crippen LogP contribution in [0.4, 0.5) is 26.3 Å². The number of hydrogen-bond acceptors (Lipinski definition) is 2. The number of nitriles is 2. The molecule has 50 heavy (non-hydrogen) atoms. The van der Waals surface area contributed by atoms with Crippen molar-refractivity contribution < 1.29 is 26.3 Å². The summed E-state index contributed by atoms with van der Waals surface area (Å²) in [7, 11) is 0. The van der Waals surface area contributed by atoms with E-state index in [9.17, 15) is 23.7 Å². The fourth-order valence-electron chi connectivity index (χ4n) is 6.87. The highest BCUT2D eigenvalue weighted by atomic mass is 19.4. The van der Waals surface area contributed by atoms with Crippen molar-refractivity contribution >= 4 is 43.6 Å². The monoisotopic (exact) mass is 670 g/mol. The maximum Gasteiger partial charge on any atom is 0.416 e. The molecule has 8 rings (SSSR count). The summed E-state index contributed by atoms with van der Waals surface area (Å²) >= 11 is 0. The molecule has 0 saturated heterocycles. The zero-order chi connectivity index (χ0) is 34.9. The largest absolute Gasteiger partial charge is 0.416 e. The normalized spacial score (nSPS) is 12.2. The number of rotatable bonds is 3. The van der Waals surface area contributed by atoms with Gasteiger partial charge in [0.2, 0.25) is 0 Å². The van der Waals surface area contributed by atoms with Gasteiger partial charge in [0.15, 0.2) is 0 Å². The minimum Gasteiger partial charge on any atom is -0.308 e. The molecule has 0 radical (unpaired) electrons. The fourth-order valence-corrected chi connectivity index (χ4v) is 6.87. The van der Waals surface area contributed by atoms with E-state index in [4.69, 9.17) is 0 Å². The van der Waals surface area contributed by atoms with Gasteiger partial charge in [0.25, 0.3) is 0 Å². The van der Waals surface area contributed by atoms with E-state index in [2.05, 4.69) is 12.1 Å². The van der Waals surface area contributed by atoms with Crippen molar-refractivity contribution in [3.8, 4) is 34.6 Å². The second kappa shape index (κ2) is 11.0. The summed E-state index contributed by atoms with van der Waals surface area (Å²) in [5.74, 6) is 0. The lowest BCUT2D eigenvalue weighted by atomic mass is 9.96. The molecule has 2 aromatic heterocycles. The first-order valence-electron chi connectivity index (χ1n) is 15.3. The van der Waals surface area contributed by atoms with Crippen molar-refractivity contribution in [3.05, 3.63) is 144 Å². The van der Waals surface area contributed by atoms with E-state index < -0.39 is 23.5 Å². The lowest BCUT2D eigenvalue weighted by Gasteiger charge is -2.23. The third-order valence-corrected chi connectivity index (χ3v) is 8.99. The Bertz CT molecular complexity index is 2620.